The van der Waals surface area contributed by atoms with E-state index in [1.807, 2.05) is 43.3 Å². The minimum atomic E-state index is -4.81. The van der Waals surface area contributed by atoms with Crippen LogP contribution in [0.15, 0.2) is 36.4 Å². The molecule has 4 rings (SSSR count). The zero-order chi connectivity index (χ0) is 22.4. The van der Waals surface area contributed by atoms with Crippen molar-refractivity contribution in [1.82, 2.24) is 0 Å². The van der Waals surface area contributed by atoms with E-state index >= 15 is 0 Å². The van der Waals surface area contributed by atoms with E-state index < -0.39 is 15.9 Å². The Kier molecular flexibility index (Phi) is 5.92. The minimum absolute atomic E-state index is 0.189. The summed E-state index contributed by atoms with van der Waals surface area (Å²) >= 11 is -4.81. The Morgan fingerprint density at radius 3 is 1.35 bits per heavy atom. The molecule has 7 heteroatoms. The van der Waals surface area contributed by atoms with Gasteiger partial charge in [0.25, 0.3) is 0 Å². The number of benzene rings is 2. The molecule has 0 radical (unpaired) electrons. The van der Waals surface area contributed by atoms with Gasteiger partial charge in [-0.3, -0.25) is 0 Å². The number of hydrogen-bond donors (Lipinski definition) is 0. The van der Waals surface area contributed by atoms with Gasteiger partial charge in [0.15, 0.2) is 0 Å². The summed E-state index contributed by atoms with van der Waals surface area (Å²) in [6.07, 6.45) is 8.32. The topological polar surface area (TPSA) is 36.9 Å². The fraction of sp³-hybridized carbons (Fsp3) is 0.292. The molecule has 0 heterocycles. The number of halogens is 2. The van der Waals surface area contributed by atoms with Crippen LogP contribution in [0.1, 0.15) is 36.4 Å². The Bertz CT molecular complexity index is 1090. The summed E-state index contributed by atoms with van der Waals surface area (Å²) in [5.74, 6) is 3.07. The normalized spacial score (nSPS) is 19.1. The summed E-state index contributed by atoms with van der Waals surface area (Å²) < 4.78 is 24.4. The first-order valence-electron chi connectivity index (χ1n) is 10.1. The van der Waals surface area contributed by atoms with Crippen molar-refractivity contribution >= 4 is 32.9 Å². The molecule has 0 bridgehead atoms. The van der Waals surface area contributed by atoms with Crippen LogP contribution in [0.25, 0.3) is 12.2 Å². The molecule has 0 saturated heterocycles. The molecule has 4 nitrogen and oxygen atoms in total. The summed E-state index contributed by atoms with van der Waals surface area (Å²) in [5, 5.41) is 0. The van der Waals surface area contributed by atoms with E-state index in [2.05, 4.69) is 15.9 Å². The third-order valence-corrected chi connectivity index (χ3v) is 25.6. The monoisotopic (exact) mass is 538 g/mol. The maximum atomic E-state index is 7.72. The first-order valence-corrected chi connectivity index (χ1v) is 20.7. The zero-order valence-corrected chi connectivity index (χ0v) is 22.2. The van der Waals surface area contributed by atoms with Crippen molar-refractivity contribution in [3.05, 3.63) is 58.7 Å². The molecule has 164 valence electrons. The van der Waals surface area contributed by atoms with Crippen LogP contribution in [-0.4, -0.2) is 32.1 Å². The number of rotatable bonds is 6. The molecule has 2 aliphatic rings. The van der Waals surface area contributed by atoms with Crippen molar-refractivity contribution in [3.63, 3.8) is 0 Å². The predicted octanol–water partition coefficient (Wildman–Crippen LogP) is 6.38. The third kappa shape index (κ3) is 3.23. The third-order valence-electron chi connectivity index (χ3n) is 6.57. The van der Waals surface area contributed by atoms with Crippen LogP contribution < -0.4 is 18.9 Å². The molecule has 2 atom stereocenters. The Labute approximate surface area is 191 Å². The van der Waals surface area contributed by atoms with E-state index in [0.717, 1.165) is 45.3 Å². The first kappa shape index (κ1) is 22.6. The number of hydrogen-bond acceptors (Lipinski definition) is 4. The van der Waals surface area contributed by atoms with Crippen LogP contribution in [-0.2, 0) is 15.9 Å². The summed E-state index contributed by atoms with van der Waals surface area (Å²) in [7, 11) is 22.1. The van der Waals surface area contributed by atoms with E-state index in [1.54, 1.807) is 28.4 Å². The standard InChI is InChI=1S/2C11H11O2.C2H4.2ClH.Zr/c2*1-12-10-6-7-11(13-2)9-5-3-4-8(9)10;1-2;;;/h2*3-7H,1-2H3;1H,2H3;2*1H;/q;;;;;+2/p-2. The molecule has 2 unspecified atom stereocenters. The van der Waals surface area contributed by atoms with Gasteiger partial charge in [-0.05, 0) is 0 Å². The second-order valence-electron chi connectivity index (χ2n) is 7.78. The number of fused-ring (bicyclic) bond motifs is 2. The number of ether oxygens (including phenoxy) is 4. The van der Waals surface area contributed by atoms with Gasteiger partial charge < -0.3 is 0 Å². The summed E-state index contributed by atoms with van der Waals surface area (Å²) in [6, 6.07) is 7.65. The quantitative estimate of drug-likeness (QED) is 0.426. The molecule has 31 heavy (non-hydrogen) atoms. The Balaban J connectivity index is 1.97. The second kappa shape index (κ2) is 8.10. The molecule has 0 aliphatic heterocycles. The number of methoxy groups -OCH3 is 4. The van der Waals surface area contributed by atoms with E-state index in [4.69, 9.17) is 36.0 Å². The van der Waals surface area contributed by atoms with Gasteiger partial charge in [-0.2, -0.15) is 0 Å². The molecule has 0 N–H and O–H groups in total. The molecule has 2 aromatic rings. The molecule has 2 aliphatic carbocycles. The molecule has 0 amide bonds. The van der Waals surface area contributed by atoms with Gasteiger partial charge in [0, 0.05) is 0 Å². The maximum absolute atomic E-state index is 7.72. The second-order valence-corrected chi connectivity index (χ2v) is 29.4. The Morgan fingerprint density at radius 1 is 0.677 bits per heavy atom. The van der Waals surface area contributed by atoms with Gasteiger partial charge in [0.2, 0.25) is 0 Å². The molecule has 2 aromatic carbocycles. The van der Waals surface area contributed by atoms with Crippen molar-refractivity contribution in [2.24, 2.45) is 0 Å². The molecule has 0 saturated carbocycles. The summed E-state index contributed by atoms with van der Waals surface area (Å²) in [5.41, 5.74) is 3.91. The fourth-order valence-corrected chi connectivity index (χ4v) is 18.4. The Hall–Kier alpha value is -1.55. The van der Waals surface area contributed by atoms with Crippen LogP contribution >= 0.6 is 17.0 Å². The van der Waals surface area contributed by atoms with Crippen LogP contribution in [0.3, 0.4) is 0 Å². The predicted molar refractivity (Wildman–Crippen MR) is 126 cm³/mol. The van der Waals surface area contributed by atoms with Crippen molar-refractivity contribution in [3.8, 4) is 23.0 Å². The van der Waals surface area contributed by atoms with Crippen LogP contribution in [0.5, 0.6) is 23.0 Å². The SMILES string of the molecule is C[CH]=[Zr]([Cl])([Cl])([CH]1C=Cc2c(OC)ccc(OC)c21)[CH]1C=Cc2c(OC)ccc(OC)c21. The van der Waals surface area contributed by atoms with Crippen molar-refractivity contribution < 1.29 is 34.9 Å². The van der Waals surface area contributed by atoms with Crippen LogP contribution in [0, 0.1) is 0 Å². The number of allylic oxidation sites excluding steroid dienone is 2. The van der Waals surface area contributed by atoms with Gasteiger partial charge in [-0.15, -0.1) is 0 Å². The zero-order valence-electron chi connectivity index (χ0n) is 18.2. The van der Waals surface area contributed by atoms with Gasteiger partial charge in [0.1, 0.15) is 0 Å². The van der Waals surface area contributed by atoms with Crippen molar-refractivity contribution in [1.29, 1.82) is 0 Å². The van der Waals surface area contributed by atoms with E-state index in [0.29, 0.717) is 0 Å². The van der Waals surface area contributed by atoms with Gasteiger partial charge in [-0.1, -0.05) is 0 Å². The van der Waals surface area contributed by atoms with E-state index in [9.17, 15) is 0 Å². The average molecular weight is 541 g/mol. The van der Waals surface area contributed by atoms with E-state index in [1.165, 1.54) is 0 Å². The van der Waals surface area contributed by atoms with Crippen LogP contribution in [0.2, 0.25) is 0 Å². The Morgan fingerprint density at radius 2 is 1.03 bits per heavy atom. The van der Waals surface area contributed by atoms with Crippen LogP contribution in [0.4, 0.5) is 0 Å². The first-order chi connectivity index (χ1) is 14.8. The summed E-state index contributed by atoms with van der Waals surface area (Å²) in [4.78, 5) is 0. The van der Waals surface area contributed by atoms with Crippen molar-refractivity contribution in [2.75, 3.05) is 28.4 Å². The molecule has 0 spiro atoms. The summed E-state index contributed by atoms with van der Waals surface area (Å²) in [6.45, 7) is 1.97. The van der Waals surface area contributed by atoms with Gasteiger partial charge in [0.05, 0.1) is 0 Å². The van der Waals surface area contributed by atoms with E-state index in [-0.39, 0.29) is 7.25 Å². The van der Waals surface area contributed by atoms with Gasteiger partial charge >= 0.3 is 192 Å². The molecular weight excluding hydrogens is 514 g/mol. The fourth-order valence-electron chi connectivity index (χ4n) is 4.94. The molecule has 0 fully saturated rings. The average Bonchev–Trinajstić information content (AvgIpc) is 3.44. The van der Waals surface area contributed by atoms with Crippen molar-refractivity contribution in [2.45, 2.75) is 14.2 Å². The van der Waals surface area contributed by atoms with Gasteiger partial charge in [-0.25, -0.2) is 0 Å². The molecule has 0 aromatic heterocycles. The molecular formula is C24H26Cl2O4Zr.